The summed E-state index contributed by atoms with van der Waals surface area (Å²) >= 11 is 2.46. The van der Waals surface area contributed by atoms with Crippen molar-refractivity contribution in [1.29, 1.82) is 0 Å². The van der Waals surface area contributed by atoms with Crippen LogP contribution in [0.25, 0.3) is 0 Å². The van der Waals surface area contributed by atoms with Crippen molar-refractivity contribution < 1.29 is 13.3 Å². The zero-order valence-electron chi connectivity index (χ0n) is 15.0. The second-order valence-electron chi connectivity index (χ2n) is 5.79. The third-order valence-corrected chi connectivity index (χ3v) is 7.11. The summed E-state index contributed by atoms with van der Waals surface area (Å²) in [6, 6.07) is 0.985. The fourth-order valence-corrected chi connectivity index (χ4v) is 5.71. The molecular formula is C17H37IO3Si. The maximum Gasteiger partial charge on any atom is 0.500 e. The predicted molar refractivity (Wildman–Crippen MR) is 106 cm³/mol. The van der Waals surface area contributed by atoms with Crippen LogP contribution in [0.3, 0.4) is 0 Å². The second kappa shape index (κ2) is 16.7. The molecule has 0 saturated heterocycles. The minimum atomic E-state index is -2.44. The molecule has 0 amide bonds. The summed E-state index contributed by atoms with van der Waals surface area (Å²) in [7, 11) is -2.44. The molecular weight excluding hydrogens is 407 g/mol. The van der Waals surface area contributed by atoms with Gasteiger partial charge in [-0.15, -0.1) is 0 Å². The van der Waals surface area contributed by atoms with Crippen molar-refractivity contribution in [3.8, 4) is 0 Å². The van der Waals surface area contributed by atoms with E-state index >= 15 is 0 Å². The molecule has 0 aliphatic rings. The lowest BCUT2D eigenvalue weighted by atomic mass is 10.1. The van der Waals surface area contributed by atoms with Gasteiger partial charge in [0.05, 0.1) is 0 Å². The van der Waals surface area contributed by atoms with E-state index in [1.807, 2.05) is 0 Å². The van der Waals surface area contributed by atoms with Crippen molar-refractivity contribution >= 4 is 31.4 Å². The number of halogens is 1. The fraction of sp³-hybridized carbons (Fsp3) is 1.00. The monoisotopic (exact) mass is 444 g/mol. The van der Waals surface area contributed by atoms with Crippen molar-refractivity contribution in [2.24, 2.45) is 0 Å². The number of hydrogen-bond donors (Lipinski definition) is 0. The average Bonchev–Trinajstić information content (AvgIpc) is 2.55. The maximum absolute atomic E-state index is 6.12. The van der Waals surface area contributed by atoms with Crippen LogP contribution in [0.2, 0.25) is 6.04 Å². The Morgan fingerprint density at radius 3 is 1.45 bits per heavy atom. The average molecular weight is 444 g/mol. The predicted octanol–water partition coefficient (Wildman–Crippen LogP) is 5.98. The van der Waals surface area contributed by atoms with E-state index in [2.05, 4.69) is 43.4 Å². The summed E-state index contributed by atoms with van der Waals surface area (Å²) in [5, 5.41) is 0. The highest BCUT2D eigenvalue weighted by Crippen LogP contribution is 2.21. The summed E-state index contributed by atoms with van der Waals surface area (Å²) in [6.45, 7) is 8.71. The molecule has 0 aromatic rings. The highest BCUT2D eigenvalue weighted by atomic mass is 127. The normalized spacial score (nSPS) is 12.0. The summed E-state index contributed by atoms with van der Waals surface area (Å²) < 4.78 is 19.7. The first-order valence-electron chi connectivity index (χ1n) is 9.22. The van der Waals surface area contributed by atoms with Gasteiger partial charge in [0.1, 0.15) is 0 Å². The van der Waals surface area contributed by atoms with Crippen LogP contribution in [0, 0.1) is 0 Å². The molecule has 0 spiro atoms. The van der Waals surface area contributed by atoms with Crippen LogP contribution >= 0.6 is 22.6 Å². The largest absolute Gasteiger partial charge is 0.500 e. The van der Waals surface area contributed by atoms with E-state index in [0.29, 0.717) is 0 Å². The van der Waals surface area contributed by atoms with E-state index in [1.54, 1.807) is 0 Å². The van der Waals surface area contributed by atoms with E-state index in [-0.39, 0.29) is 0 Å². The molecule has 0 aliphatic heterocycles. The molecule has 0 atom stereocenters. The van der Waals surface area contributed by atoms with Crippen molar-refractivity contribution in [2.45, 2.75) is 84.6 Å². The van der Waals surface area contributed by atoms with Crippen molar-refractivity contribution in [1.82, 2.24) is 0 Å². The van der Waals surface area contributed by atoms with Gasteiger partial charge < -0.3 is 13.3 Å². The molecule has 0 aliphatic carbocycles. The van der Waals surface area contributed by atoms with Gasteiger partial charge in [-0.25, -0.2) is 0 Å². The molecule has 22 heavy (non-hydrogen) atoms. The molecule has 0 rings (SSSR count). The van der Waals surface area contributed by atoms with Gasteiger partial charge in [0.15, 0.2) is 0 Å². The Morgan fingerprint density at radius 1 is 0.636 bits per heavy atom. The van der Waals surface area contributed by atoms with Gasteiger partial charge in [0.2, 0.25) is 0 Å². The lowest BCUT2D eigenvalue weighted by molar-refractivity contribution is 0.0586. The SMILES string of the molecule is CCCO[Si](CCCCCCCCI)(OCCC)OCCC. The minimum Gasteiger partial charge on any atom is -0.373 e. The Hall–Kier alpha value is 0.827. The van der Waals surface area contributed by atoms with Crippen molar-refractivity contribution in [3.05, 3.63) is 0 Å². The summed E-state index contributed by atoms with van der Waals surface area (Å²) in [4.78, 5) is 0. The number of rotatable bonds is 17. The summed E-state index contributed by atoms with van der Waals surface area (Å²) in [5.74, 6) is 0. The van der Waals surface area contributed by atoms with E-state index < -0.39 is 8.80 Å². The molecule has 134 valence electrons. The number of alkyl halides is 1. The molecule has 0 aromatic carbocycles. The van der Waals surface area contributed by atoms with Crippen molar-refractivity contribution in [3.63, 3.8) is 0 Å². The lowest BCUT2D eigenvalue weighted by Crippen LogP contribution is -2.46. The van der Waals surface area contributed by atoms with E-state index in [0.717, 1.165) is 45.1 Å². The topological polar surface area (TPSA) is 27.7 Å². The molecule has 0 radical (unpaired) electrons. The molecule has 5 heteroatoms. The Bertz CT molecular complexity index is 208. The zero-order chi connectivity index (χ0) is 16.5. The lowest BCUT2D eigenvalue weighted by Gasteiger charge is -2.29. The van der Waals surface area contributed by atoms with Crippen LogP contribution in [0.5, 0.6) is 0 Å². The Balaban J connectivity index is 4.21. The summed E-state index contributed by atoms with van der Waals surface area (Å²) in [5.41, 5.74) is 0. The first kappa shape index (κ1) is 22.8. The highest BCUT2D eigenvalue weighted by Gasteiger charge is 2.40. The highest BCUT2D eigenvalue weighted by molar-refractivity contribution is 14.1. The molecule has 0 aromatic heterocycles. The standard InChI is InChI=1S/C17H37IO3Si/c1-4-14-19-22(20-15-5-2,21-16-6-3)17-12-10-8-7-9-11-13-18/h4-17H2,1-3H3. The van der Waals surface area contributed by atoms with Crippen LogP contribution in [0.15, 0.2) is 0 Å². The molecule has 0 unspecified atom stereocenters. The number of hydrogen-bond acceptors (Lipinski definition) is 3. The number of unbranched alkanes of at least 4 members (excludes halogenated alkanes) is 5. The third-order valence-electron chi connectivity index (χ3n) is 3.44. The molecule has 0 bridgehead atoms. The van der Waals surface area contributed by atoms with Crippen LogP contribution in [-0.2, 0) is 13.3 Å². The van der Waals surface area contributed by atoms with Gasteiger partial charge in [0.25, 0.3) is 0 Å². The minimum absolute atomic E-state index is 0.759. The molecule has 0 N–H and O–H groups in total. The van der Waals surface area contributed by atoms with Crippen LogP contribution in [0.1, 0.15) is 78.6 Å². The van der Waals surface area contributed by atoms with Gasteiger partial charge in [-0.1, -0.05) is 69.0 Å². The van der Waals surface area contributed by atoms with Crippen LogP contribution < -0.4 is 0 Å². The van der Waals surface area contributed by atoms with Crippen LogP contribution in [0.4, 0.5) is 0 Å². The van der Waals surface area contributed by atoms with Crippen LogP contribution in [-0.4, -0.2) is 33.1 Å². The van der Waals surface area contributed by atoms with E-state index in [9.17, 15) is 0 Å². The molecule has 0 fully saturated rings. The van der Waals surface area contributed by atoms with Gasteiger partial charge in [-0.2, -0.15) is 0 Å². The fourth-order valence-electron chi connectivity index (χ4n) is 2.26. The third kappa shape index (κ3) is 12.3. The van der Waals surface area contributed by atoms with E-state index in [4.69, 9.17) is 13.3 Å². The van der Waals surface area contributed by atoms with E-state index in [1.165, 1.54) is 43.0 Å². The maximum atomic E-state index is 6.12. The molecule has 3 nitrogen and oxygen atoms in total. The first-order valence-corrected chi connectivity index (χ1v) is 12.7. The quantitative estimate of drug-likeness (QED) is 0.120. The summed E-state index contributed by atoms with van der Waals surface area (Å²) in [6.07, 6.45) is 10.9. The van der Waals surface area contributed by atoms with Gasteiger partial charge >= 0.3 is 8.80 Å². The molecule has 0 saturated carbocycles. The Labute approximate surface area is 153 Å². The van der Waals surface area contributed by atoms with Crippen molar-refractivity contribution in [2.75, 3.05) is 24.2 Å². The van der Waals surface area contributed by atoms with Gasteiger partial charge in [-0.05, 0) is 36.5 Å². The Morgan fingerprint density at radius 2 is 1.05 bits per heavy atom. The van der Waals surface area contributed by atoms with Gasteiger partial charge in [-0.3, -0.25) is 0 Å². The molecule has 0 heterocycles. The van der Waals surface area contributed by atoms with Gasteiger partial charge in [0, 0.05) is 25.9 Å². The smallest absolute Gasteiger partial charge is 0.373 e. The zero-order valence-corrected chi connectivity index (χ0v) is 18.2. The second-order valence-corrected chi connectivity index (χ2v) is 9.60. The Kier molecular flexibility index (Phi) is 17.3. The first-order chi connectivity index (χ1) is 10.7.